The summed E-state index contributed by atoms with van der Waals surface area (Å²) in [5.41, 5.74) is 2.91. The van der Waals surface area contributed by atoms with Crippen molar-refractivity contribution in [1.29, 1.82) is 0 Å². The van der Waals surface area contributed by atoms with Gasteiger partial charge in [0.05, 0.1) is 28.5 Å². The van der Waals surface area contributed by atoms with E-state index in [1.807, 2.05) is 66.9 Å². The van der Waals surface area contributed by atoms with Gasteiger partial charge in [0.15, 0.2) is 4.80 Å². The van der Waals surface area contributed by atoms with Crippen molar-refractivity contribution in [2.75, 3.05) is 6.61 Å². The van der Waals surface area contributed by atoms with Gasteiger partial charge in [-0.3, -0.25) is 9.36 Å². The smallest absolute Gasteiger partial charge is 0.338 e. The third-order valence-electron chi connectivity index (χ3n) is 4.99. The van der Waals surface area contributed by atoms with Gasteiger partial charge in [0, 0.05) is 4.88 Å². The molecule has 5 nitrogen and oxygen atoms in total. The maximum absolute atomic E-state index is 13.4. The Morgan fingerprint density at radius 2 is 2.00 bits per heavy atom. The number of nitrogens with zero attached hydrogens (tertiary/aromatic N) is 2. The van der Waals surface area contributed by atoms with Crippen LogP contribution in [0.1, 0.15) is 35.9 Å². The van der Waals surface area contributed by atoms with Crippen molar-refractivity contribution in [2.24, 2.45) is 4.99 Å². The number of carbonyl (C=O) groups excluding carboxylic acids is 1. The first kappa shape index (κ1) is 21.2. The van der Waals surface area contributed by atoms with Crippen LogP contribution in [0.2, 0.25) is 0 Å². The van der Waals surface area contributed by atoms with Crippen LogP contribution in [-0.2, 0) is 9.53 Å². The molecule has 1 atom stereocenters. The summed E-state index contributed by atoms with van der Waals surface area (Å²) in [6.07, 6.45) is 5.70. The summed E-state index contributed by atoms with van der Waals surface area (Å²) in [6, 6.07) is 11.2. The fraction of sp³-hybridized carbons (Fsp3) is 0.208. The summed E-state index contributed by atoms with van der Waals surface area (Å²) < 4.78 is 7.48. The number of fused-ring (bicyclic) bond motifs is 1. The van der Waals surface area contributed by atoms with Crippen LogP contribution in [0, 0.1) is 6.92 Å². The largest absolute Gasteiger partial charge is 0.463 e. The quantitative estimate of drug-likeness (QED) is 0.555. The molecule has 0 aliphatic carbocycles. The molecular formula is C24H22N2O3S2. The van der Waals surface area contributed by atoms with E-state index in [4.69, 9.17) is 4.74 Å². The number of carbonyl (C=O) groups is 1. The number of benzene rings is 1. The van der Waals surface area contributed by atoms with Gasteiger partial charge >= 0.3 is 5.97 Å². The Hall–Kier alpha value is -3.03. The molecule has 0 saturated heterocycles. The van der Waals surface area contributed by atoms with Gasteiger partial charge in [-0.05, 0) is 49.4 Å². The number of ether oxygens (including phenoxy) is 1. The third kappa shape index (κ3) is 4.24. The maximum Gasteiger partial charge on any atom is 0.338 e. The van der Waals surface area contributed by atoms with E-state index < -0.39 is 12.0 Å². The first-order valence-electron chi connectivity index (χ1n) is 9.96. The molecule has 1 aliphatic rings. The molecule has 0 amide bonds. The average Bonchev–Trinajstić information content (AvgIpc) is 3.29. The van der Waals surface area contributed by atoms with Crippen molar-refractivity contribution in [3.63, 3.8) is 0 Å². The van der Waals surface area contributed by atoms with Crippen LogP contribution in [0.4, 0.5) is 0 Å². The lowest BCUT2D eigenvalue weighted by Gasteiger charge is -2.21. The molecule has 3 aromatic rings. The second-order valence-corrected chi connectivity index (χ2v) is 9.04. The Morgan fingerprint density at radius 3 is 2.68 bits per heavy atom. The Labute approximate surface area is 188 Å². The second-order valence-electron chi connectivity index (χ2n) is 7.08. The highest BCUT2D eigenvalue weighted by Gasteiger charge is 2.30. The van der Waals surface area contributed by atoms with Gasteiger partial charge in [0.2, 0.25) is 0 Å². The molecule has 4 rings (SSSR count). The third-order valence-corrected chi connectivity index (χ3v) is 6.94. The minimum Gasteiger partial charge on any atom is -0.463 e. The molecule has 0 bridgehead atoms. The molecule has 0 fully saturated rings. The zero-order valence-electron chi connectivity index (χ0n) is 17.5. The van der Waals surface area contributed by atoms with E-state index >= 15 is 0 Å². The lowest BCUT2D eigenvalue weighted by molar-refractivity contribution is -0.139. The molecule has 0 radical (unpaired) electrons. The fourth-order valence-electron chi connectivity index (χ4n) is 3.43. The van der Waals surface area contributed by atoms with Crippen molar-refractivity contribution >= 4 is 40.8 Å². The van der Waals surface area contributed by atoms with Crippen LogP contribution in [-0.4, -0.2) is 17.1 Å². The summed E-state index contributed by atoms with van der Waals surface area (Å²) >= 11 is 2.93. The summed E-state index contributed by atoms with van der Waals surface area (Å²) in [7, 11) is 0. The number of thiazole rings is 1. The van der Waals surface area contributed by atoms with Crippen molar-refractivity contribution < 1.29 is 9.53 Å². The Kier molecular flexibility index (Phi) is 6.15. The number of hydrogen-bond acceptors (Lipinski definition) is 6. The van der Waals surface area contributed by atoms with Crippen LogP contribution in [0.5, 0.6) is 0 Å². The highest BCUT2D eigenvalue weighted by Crippen LogP contribution is 2.26. The molecule has 1 aliphatic heterocycles. The fourth-order valence-corrected chi connectivity index (χ4v) is 5.40. The van der Waals surface area contributed by atoms with Gasteiger partial charge in [0.1, 0.15) is 0 Å². The van der Waals surface area contributed by atoms with Gasteiger partial charge < -0.3 is 4.74 Å². The molecule has 3 heterocycles. The van der Waals surface area contributed by atoms with Gasteiger partial charge in [0.25, 0.3) is 5.56 Å². The topological polar surface area (TPSA) is 60.7 Å². The van der Waals surface area contributed by atoms with E-state index in [1.54, 1.807) is 29.8 Å². The van der Waals surface area contributed by atoms with Crippen LogP contribution >= 0.6 is 22.7 Å². The minimum atomic E-state index is -0.581. The Morgan fingerprint density at radius 1 is 1.23 bits per heavy atom. The molecule has 31 heavy (non-hydrogen) atoms. The Bertz CT molecular complexity index is 1360. The molecule has 0 spiro atoms. The zero-order chi connectivity index (χ0) is 22.0. The normalized spacial score (nSPS) is 16.5. The molecule has 7 heteroatoms. The second kappa shape index (κ2) is 8.99. The SMILES string of the molecule is CCOC(=O)C1=C(C)N=c2s/c(=C/c3sccc3C)c(=O)n2[C@@H]1/C=C/c1ccccc1. The summed E-state index contributed by atoms with van der Waals surface area (Å²) in [5, 5.41) is 2.01. The predicted molar refractivity (Wildman–Crippen MR) is 126 cm³/mol. The van der Waals surface area contributed by atoms with E-state index in [0.717, 1.165) is 16.0 Å². The molecule has 0 N–H and O–H groups in total. The van der Waals surface area contributed by atoms with Crippen molar-refractivity contribution in [3.8, 4) is 0 Å². The number of rotatable bonds is 5. The number of thiophene rings is 1. The molecule has 0 unspecified atom stereocenters. The van der Waals surface area contributed by atoms with Crippen LogP contribution in [0.3, 0.4) is 0 Å². The maximum atomic E-state index is 13.4. The average molecular weight is 451 g/mol. The van der Waals surface area contributed by atoms with Gasteiger partial charge in [-0.2, -0.15) is 0 Å². The van der Waals surface area contributed by atoms with E-state index in [2.05, 4.69) is 4.99 Å². The van der Waals surface area contributed by atoms with Gasteiger partial charge in [-0.25, -0.2) is 9.79 Å². The van der Waals surface area contributed by atoms with Crippen molar-refractivity contribution in [3.05, 3.63) is 94.8 Å². The number of esters is 1. The number of aryl methyl sites for hydroxylation is 1. The lowest BCUT2D eigenvalue weighted by Crippen LogP contribution is -2.38. The number of allylic oxidation sites excluding steroid dienone is 2. The Balaban J connectivity index is 1.89. The number of aromatic nitrogens is 1. The highest BCUT2D eigenvalue weighted by molar-refractivity contribution is 7.11. The minimum absolute atomic E-state index is 0.159. The lowest BCUT2D eigenvalue weighted by atomic mass is 10.0. The monoisotopic (exact) mass is 450 g/mol. The van der Waals surface area contributed by atoms with E-state index in [-0.39, 0.29) is 12.2 Å². The van der Waals surface area contributed by atoms with Crippen LogP contribution < -0.4 is 14.9 Å². The van der Waals surface area contributed by atoms with Gasteiger partial charge in [-0.15, -0.1) is 11.3 Å². The number of hydrogen-bond donors (Lipinski definition) is 0. The predicted octanol–water partition coefficient (Wildman–Crippen LogP) is 3.83. The van der Waals surface area contributed by atoms with Crippen LogP contribution in [0.15, 0.2) is 68.9 Å². The van der Waals surface area contributed by atoms with E-state index in [0.29, 0.717) is 20.6 Å². The molecule has 158 valence electrons. The zero-order valence-corrected chi connectivity index (χ0v) is 19.1. The summed E-state index contributed by atoms with van der Waals surface area (Å²) in [4.78, 5) is 32.4. The summed E-state index contributed by atoms with van der Waals surface area (Å²) in [6.45, 7) is 5.83. The highest BCUT2D eigenvalue weighted by atomic mass is 32.1. The first-order valence-corrected chi connectivity index (χ1v) is 11.7. The molecule has 2 aromatic heterocycles. The first-order chi connectivity index (χ1) is 15.0. The van der Waals surface area contributed by atoms with Crippen molar-refractivity contribution in [2.45, 2.75) is 26.8 Å². The van der Waals surface area contributed by atoms with Crippen LogP contribution in [0.25, 0.3) is 12.2 Å². The molecule has 1 aromatic carbocycles. The van der Waals surface area contributed by atoms with Crippen molar-refractivity contribution in [1.82, 2.24) is 4.57 Å². The standard InChI is InChI=1S/C24H22N2O3S2/c1-4-29-23(28)21-16(3)25-24-26(18(21)11-10-17-8-6-5-7-9-17)22(27)20(31-24)14-19-15(2)12-13-30-19/h5-14,18H,4H2,1-3H3/b11-10+,20-14+/t18-/m1/s1. The van der Waals surface area contributed by atoms with Gasteiger partial charge in [-0.1, -0.05) is 53.8 Å². The molecular weight excluding hydrogens is 428 g/mol. The van der Waals surface area contributed by atoms with E-state index in [1.165, 1.54) is 11.3 Å². The summed E-state index contributed by atoms with van der Waals surface area (Å²) in [5.74, 6) is -0.449. The molecule has 0 saturated carbocycles. The van der Waals surface area contributed by atoms with E-state index in [9.17, 15) is 9.59 Å².